The van der Waals surface area contributed by atoms with Crippen molar-refractivity contribution in [2.75, 3.05) is 39.3 Å². The zero-order valence-electron chi connectivity index (χ0n) is 19.6. The highest BCUT2D eigenvalue weighted by Gasteiger charge is 2.35. The van der Waals surface area contributed by atoms with Crippen LogP contribution in [-0.4, -0.2) is 58.2 Å². The number of fused-ring (bicyclic) bond motifs is 8. The van der Waals surface area contributed by atoms with Crippen LogP contribution in [0.1, 0.15) is 55.3 Å². The SMILES string of the molecule is O=c1cccc2n1C[C@@H]1C[C@H]2CN(CCCCCN2C[C@H]3C[C@@H](C2)c2cccc(=O)n2C3)C1. The highest BCUT2D eigenvalue weighted by atomic mass is 16.1. The van der Waals surface area contributed by atoms with Gasteiger partial charge in [0.1, 0.15) is 0 Å². The molecule has 0 aromatic carbocycles. The zero-order valence-corrected chi connectivity index (χ0v) is 19.6. The molecule has 0 unspecified atom stereocenters. The van der Waals surface area contributed by atoms with E-state index in [0.29, 0.717) is 23.7 Å². The number of piperidine rings is 2. The van der Waals surface area contributed by atoms with Gasteiger partial charge in [-0.3, -0.25) is 9.59 Å². The Morgan fingerprint density at radius 2 is 1.09 bits per heavy atom. The molecule has 6 rings (SSSR count). The first-order valence-corrected chi connectivity index (χ1v) is 13.0. The van der Waals surface area contributed by atoms with E-state index in [0.717, 1.165) is 39.3 Å². The van der Waals surface area contributed by atoms with Crippen LogP contribution in [0.15, 0.2) is 46.0 Å². The van der Waals surface area contributed by atoms with Crippen molar-refractivity contribution in [3.63, 3.8) is 0 Å². The lowest BCUT2D eigenvalue weighted by Gasteiger charge is -2.43. The molecule has 33 heavy (non-hydrogen) atoms. The third-order valence-corrected chi connectivity index (χ3v) is 8.56. The molecule has 2 fully saturated rings. The molecule has 0 amide bonds. The van der Waals surface area contributed by atoms with Crippen LogP contribution in [0.3, 0.4) is 0 Å². The largest absolute Gasteiger partial charge is 0.312 e. The molecule has 4 atom stereocenters. The molecular formula is C27H36N4O2. The molecule has 6 nitrogen and oxygen atoms in total. The summed E-state index contributed by atoms with van der Waals surface area (Å²) < 4.78 is 4.05. The number of hydrogen-bond acceptors (Lipinski definition) is 4. The van der Waals surface area contributed by atoms with Crippen molar-refractivity contribution in [1.29, 1.82) is 0 Å². The van der Waals surface area contributed by atoms with Crippen molar-refractivity contribution in [2.24, 2.45) is 11.8 Å². The molecule has 6 heterocycles. The van der Waals surface area contributed by atoms with Crippen molar-refractivity contribution < 1.29 is 0 Å². The quantitative estimate of drug-likeness (QED) is 0.638. The number of likely N-dealkylation sites (tertiary alicyclic amines) is 2. The van der Waals surface area contributed by atoms with Gasteiger partial charge in [0.25, 0.3) is 11.1 Å². The minimum atomic E-state index is 0.174. The summed E-state index contributed by atoms with van der Waals surface area (Å²) in [5.41, 5.74) is 2.85. The monoisotopic (exact) mass is 448 g/mol. The summed E-state index contributed by atoms with van der Waals surface area (Å²) in [7, 11) is 0. The predicted octanol–water partition coefficient (Wildman–Crippen LogP) is 2.72. The fourth-order valence-electron chi connectivity index (χ4n) is 7.20. The van der Waals surface area contributed by atoms with Gasteiger partial charge < -0.3 is 18.9 Å². The number of pyridine rings is 2. The molecule has 6 heteroatoms. The summed E-state index contributed by atoms with van der Waals surface area (Å²) in [5, 5.41) is 0. The van der Waals surface area contributed by atoms with E-state index in [1.54, 1.807) is 12.1 Å². The summed E-state index contributed by atoms with van der Waals surface area (Å²) >= 11 is 0. The lowest BCUT2D eigenvalue weighted by Crippen LogP contribution is -2.47. The van der Waals surface area contributed by atoms with Crippen LogP contribution in [0.4, 0.5) is 0 Å². The van der Waals surface area contributed by atoms with Gasteiger partial charge in [0.05, 0.1) is 0 Å². The maximum absolute atomic E-state index is 12.2. The Balaban J connectivity index is 0.968. The van der Waals surface area contributed by atoms with Crippen LogP contribution >= 0.6 is 0 Å². The van der Waals surface area contributed by atoms with E-state index < -0.39 is 0 Å². The Kier molecular flexibility index (Phi) is 5.75. The fourth-order valence-corrected chi connectivity index (χ4v) is 7.20. The molecular weight excluding hydrogens is 412 g/mol. The average Bonchev–Trinajstić information content (AvgIpc) is 2.80. The summed E-state index contributed by atoms with van der Waals surface area (Å²) in [5.74, 6) is 2.29. The Morgan fingerprint density at radius 1 is 0.606 bits per heavy atom. The molecule has 2 aromatic heterocycles. The first-order chi connectivity index (χ1) is 16.1. The van der Waals surface area contributed by atoms with Gasteiger partial charge in [0.2, 0.25) is 0 Å². The van der Waals surface area contributed by atoms with Crippen molar-refractivity contribution in [2.45, 2.75) is 57.0 Å². The molecule has 0 aliphatic carbocycles. The van der Waals surface area contributed by atoms with Gasteiger partial charge in [-0.25, -0.2) is 0 Å². The van der Waals surface area contributed by atoms with E-state index >= 15 is 0 Å². The lowest BCUT2D eigenvalue weighted by atomic mass is 9.83. The fraction of sp³-hybridized carbons (Fsp3) is 0.630. The van der Waals surface area contributed by atoms with Gasteiger partial charge in [-0.15, -0.1) is 0 Å². The van der Waals surface area contributed by atoms with Gasteiger partial charge in [0, 0.05) is 74.6 Å². The second-order valence-electron chi connectivity index (χ2n) is 11.0. The Morgan fingerprint density at radius 3 is 1.58 bits per heavy atom. The molecule has 0 N–H and O–H groups in total. The smallest absolute Gasteiger partial charge is 0.250 e. The standard InChI is InChI=1S/C27H36N4O2/c32-26-8-4-6-24-22-12-20(16-30(24)26)14-28(18-22)10-2-1-3-11-29-15-21-13-23(19-29)25-7-5-9-27(33)31(25)17-21/h4-9,20-23H,1-3,10-19H2/t20-,21-,22+,23+/m1/s1. The van der Waals surface area contributed by atoms with Crippen LogP contribution in [0.5, 0.6) is 0 Å². The third-order valence-electron chi connectivity index (χ3n) is 8.56. The van der Waals surface area contributed by atoms with Crippen LogP contribution < -0.4 is 11.1 Å². The Hall–Kier alpha value is -2.18. The molecule has 176 valence electrons. The predicted molar refractivity (Wildman–Crippen MR) is 130 cm³/mol. The van der Waals surface area contributed by atoms with E-state index in [2.05, 4.69) is 21.9 Å². The summed E-state index contributed by atoms with van der Waals surface area (Å²) in [6, 6.07) is 11.6. The number of nitrogens with zero attached hydrogens (tertiary/aromatic N) is 4. The molecule has 0 spiro atoms. The molecule has 4 bridgehead atoms. The normalized spacial score (nSPS) is 28.8. The number of rotatable bonds is 6. The Labute approximate surface area is 195 Å². The van der Waals surface area contributed by atoms with E-state index in [9.17, 15) is 9.59 Å². The van der Waals surface area contributed by atoms with Crippen LogP contribution in [0.25, 0.3) is 0 Å². The summed E-state index contributed by atoms with van der Waals surface area (Å²) in [4.78, 5) is 29.7. The first kappa shape index (κ1) is 21.4. The van der Waals surface area contributed by atoms with Gasteiger partial charge in [-0.2, -0.15) is 0 Å². The molecule has 2 aromatic rings. The Bertz CT molecular complexity index is 1030. The maximum Gasteiger partial charge on any atom is 0.250 e. The van der Waals surface area contributed by atoms with Gasteiger partial charge >= 0.3 is 0 Å². The van der Waals surface area contributed by atoms with Gasteiger partial charge in [-0.05, 0) is 62.7 Å². The van der Waals surface area contributed by atoms with Crippen molar-refractivity contribution in [3.8, 4) is 0 Å². The van der Waals surface area contributed by atoms with Crippen molar-refractivity contribution in [3.05, 3.63) is 68.5 Å². The molecule has 0 radical (unpaired) electrons. The minimum Gasteiger partial charge on any atom is -0.312 e. The van der Waals surface area contributed by atoms with E-state index in [1.165, 1.54) is 56.6 Å². The topological polar surface area (TPSA) is 50.5 Å². The number of aromatic nitrogens is 2. The maximum atomic E-state index is 12.2. The summed E-state index contributed by atoms with van der Waals surface area (Å²) in [6.07, 6.45) is 6.29. The second-order valence-corrected chi connectivity index (χ2v) is 11.0. The molecule has 0 saturated carbocycles. The minimum absolute atomic E-state index is 0.174. The molecule has 4 aliphatic heterocycles. The number of hydrogen-bond donors (Lipinski definition) is 0. The van der Waals surface area contributed by atoms with Crippen molar-refractivity contribution >= 4 is 0 Å². The van der Waals surface area contributed by atoms with Crippen molar-refractivity contribution in [1.82, 2.24) is 18.9 Å². The molecule has 4 aliphatic rings. The van der Waals surface area contributed by atoms with Crippen LogP contribution in [-0.2, 0) is 13.1 Å². The van der Waals surface area contributed by atoms with E-state index in [1.807, 2.05) is 21.3 Å². The first-order valence-electron chi connectivity index (χ1n) is 13.0. The lowest BCUT2D eigenvalue weighted by molar-refractivity contribution is 0.111. The zero-order chi connectivity index (χ0) is 22.4. The van der Waals surface area contributed by atoms with Gasteiger partial charge in [-0.1, -0.05) is 18.6 Å². The molecule has 2 saturated heterocycles. The average molecular weight is 449 g/mol. The highest BCUT2D eigenvalue weighted by Crippen LogP contribution is 2.36. The van der Waals surface area contributed by atoms with E-state index in [-0.39, 0.29) is 11.1 Å². The highest BCUT2D eigenvalue weighted by molar-refractivity contribution is 5.18. The van der Waals surface area contributed by atoms with E-state index in [4.69, 9.17) is 0 Å². The number of unbranched alkanes of at least 4 members (excludes halogenated alkanes) is 2. The van der Waals surface area contributed by atoms with Crippen LogP contribution in [0, 0.1) is 11.8 Å². The third kappa shape index (κ3) is 4.24. The van der Waals surface area contributed by atoms with Gasteiger partial charge in [0.15, 0.2) is 0 Å². The second kappa shape index (κ2) is 8.88. The summed E-state index contributed by atoms with van der Waals surface area (Å²) in [6.45, 7) is 8.67. The van der Waals surface area contributed by atoms with Crippen LogP contribution in [0.2, 0.25) is 0 Å².